The van der Waals surface area contributed by atoms with Crippen molar-refractivity contribution in [3.05, 3.63) is 70.6 Å². The fourth-order valence-corrected chi connectivity index (χ4v) is 3.02. The monoisotopic (exact) mass is 289 g/mol. The van der Waals surface area contributed by atoms with Gasteiger partial charge in [-0.3, -0.25) is 4.79 Å². The zero-order valence-corrected chi connectivity index (χ0v) is 11.6. The molecule has 96 valence electrons. The van der Waals surface area contributed by atoms with Crippen molar-refractivity contribution in [2.24, 2.45) is 5.73 Å². The van der Waals surface area contributed by atoms with Gasteiger partial charge in [-0.2, -0.15) is 0 Å². The van der Waals surface area contributed by atoms with E-state index in [0.717, 1.165) is 16.0 Å². The van der Waals surface area contributed by atoms with E-state index >= 15 is 0 Å². The minimum absolute atomic E-state index is 0. The summed E-state index contributed by atoms with van der Waals surface area (Å²) in [4.78, 5) is 13.9. The quantitative estimate of drug-likeness (QED) is 0.814. The Morgan fingerprint density at radius 1 is 0.947 bits per heavy atom. The molecule has 2 aromatic rings. The summed E-state index contributed by atoms with van der Waals surface area (Å²) >= 11 is 1.45. The van der Waals surface area contributed by atoms with Crippen LogP contribution in [0, 0.1) is 0 Å². The summed E-state index contributed by atoms with van der Waals surface area (Å²) in [7, 11) is 0. The van der Waals surface area contributed by atoms with Crippen molar-refractivity contribution in [2.75, 3.05) is 0 Å². The predicted octanol–water partition coefficient (Wildman–Crippen LogP) is 3.72. The maximum absolute atomic E-state index is 12.3. The summed E-state index contributed by atoms with van der Waals surface area (Å²) in [5, 5.41) is 0. The molecule has 0 aromatic heterocycles. The highest BCUT2D eigenvalue weighted by Gasteiger charge is 2.27. The zero-order chi connectivity index (χ0) is 12.5. The topological polar surface area (TPSA) is 43.1 Å². The minimum atomic E-state index is 0. The Balaban J connectivity index is 0.00000133. The first-order valence-electron chi connectivity index (χ1n) is 5.64. The van der Waals surface area contributed by atoms with E-state index in [-0.39, 0.29) is 18.2 Å². The first-order chi connectivity index (χ1) is 8.77. The number of halogens is 1. The second kappa shape index (κ2) is 5.51. The number of rotatable bonds is 1. The molecular weight excluding hydrogens is 278 g/mol. The van der Waals surface area contributed by atoms with Gasteiger partial charge in [-0.05, 0) is 17.7 Å². The van der Waals surface area contributed by atoms with E-state index in [9.17, 15) is 4.79 Å². The lowest BCUT2D eigenvalue weighted by molar-refractivity contribution is 0.104. The van der Waals surface area contributed by atoms with Crippen LogP contribution in [0.5, 0.6) is 0 Å². The number of hydrogen-bond acceptors (Lipinski definition) is 3. The molecule has 0 aliphatic carbocycles. The molecule has 1 heterocycles. The van der Waals surface area contributed by atoms with Crippen LogP contribution in [0.3, 0.4) is 0 Å². The van der Waals surface area contributed by atoms with E-state index in [1.807, 2.05) is 54.6 Å². The van der Waals surface area contributed by atoms with Gasteiger partial charge in [0.1, 0.15) is 0 Å². The van der Waals surface area contributed by atoms with E-state index < -0.39 is 0 Å². The van der Waals surface area contributed by atoms with Crippen LogP contribution in [-0.2, 0) is 0 Å². The van der Waals surface area contributed by atoms with Gasteiger partial charge >= 0.3 is 0 Å². The third-order valence-electron chi connectivity index (χ3n) is 2.88. The van der Waals surface area contributed by atoms with Crippen LogP contribution in [-0.4, -0.2) is 5.78 Å². The molecule has 1 aliphatic heterocycles. The van der Waals surface area contributed by atoms with Gasteiger partial charge in [0.2, 0.25) is 5.78 Å². The van der Waals surface area contributed by atoms with E-state index in [4.69, 9.17) is 5.73 Å². The fourth-order valence-electron chi connectivity index (χ4n) is 1.95. The van der Waals surface area contributed by atoms with E-state index in [1.165, 1.54) is 11.8 Å². The molecule has 0 fully saturated rings. The van der Waals surface area contributed by atoms with E-state index in [1.54, 1.807) is 0 Å². The maximum Gasteiger partial charge on any atom is 0.202 e. The first-order valence-corrected chi connectivity index (χ1v) is 6.46. The molecule has 19 heavy (non-hydrogen) atoms. The highest BCUT2D eigenvalue weighted by atomic mass is 35.5. The van der Waals surface area contributed by atoms with Gasteiger partial charge in [0.15, 0.2) is 0 Å². The number of fused-ring (bicyclic) bond motifs is 1. The van der Waals surface area contributed by atoms with Crippen molar-refractivity contribution in [1.29, 1.82) is 0 Å². The third-order valence-corrected chi connectivity index (χ3v) is 4.06. The van der Waals surface area contributed by atoms with Crippen LogP contribution < -0.4 is 5.73 Å². The summed E-state index contributed by atoms with van der Waals surface area (Å²) < 4.78 is 0. The molecule has 0 saturated heterocycles. The lowest BCUT2D eigenvalue weighted by Gasteiger charge is -2.04. The lowest BCUT2D eigenvalue weighted by Crippen LogP contribution is -2.04. The maximum atomic E-state index is 12.3. The van der Waals surface area contributed by atoms with Gasteiger partial charge in [-0.25, -0.2) is 0 Å². The normalized spacial score (nSPS) is 15.7. The number of nitrogens with two attached hydrogens (primary N) is 1. The van der Waals surface area contributed by atoms with Gasteiger partial charge < -0.3 is 5.73 Å². The van der Waals surface area contributed by atoms with Crippen molar-refractivity contribution >= 4 is 35.6 Å². The number of ketones is 1. The number of carbonyl (C=O) groups excluding carboxylic acids is 1. The standard InChI is InChI=1S/C15H11NOS.ClH/c16-13(10-6-2-1-3-7-10)15-14(17)11-8-4-5-9-12(11)18-15;/h1-9H,16H2;1H/b15-13+;. The van der Waals surface area contributed by atoms with Crippen molar-refractivity contribution in [3.63, 3.8) is 0 Å². The van der Waals surface area contributed by atoms with Gasteiger partial charge in [-0.1, -0.05) is 54.2 Å². The summed E-state index contributed by atoms with van der Waals surface area (Å²) in [6.07, 6.45) is 0. The number of Topliss-reactive ketones (excluding diaryl/α,β-unsaturated/α-hetero) is 1. The van der Waals surface area contributed by atoms with Crippen molar-refractivity contribution in [3.8, 4) is 0 Å². The number of benzene rings is 2. The average molecular weight is 290 g/mol. The van der Waals surface area contributed by atoms with Gasteiger partial charge in [0.25, 0.3) is 0 Å². The van der Waals surface area contributed by atoms with Crippen LogP contribution in [0.1, 0.15) is 15.9 Å². The molecule has 0 amide bonds. The Morgan fingerprint density at radius 2 is 1.58 bits per heavy atom. The third kappa shape index (κ3) is 2.39. The van der Waals surface area contributed by atoms with E-state index in [2.05, 4.69) is 0 Å². The molecule has 0 atom stereocenters. The second-order valence-corrected chi connectivity index (χ2v) is 5.09. The molecule has 0 radical (unpaired) electrons. The van der Waals surface area contributed by atoms with Crippen molar-refractivity contribution in [2.45, 2.75) is 4.90 Å². The highest BCUT2D eigenvalue weighted by molar-refractivity contribution is 8.05. The fraction of sp³-hybridized carbons (Fsp3) is 0. The molecule has 2 nitrogen and oxygen atoms in total. The molecule has 0 unspecified atom stereocenters. The molecular formula is C15H12ClNOS. The summed E-state index contributed by atoms with van der Waals surface area (Å²) in [5.41, 5.74) is 8.30. The Kier molecular flexibility index (Phi) is 3.98. The Labute approximate surface area is 122 Å². The first kappa shape index (κ1) is 13.7. The molecule has 2 N–H and O–H groups in total. The van der Waals surface area contributed by atoms with Crippen LogP contribution in [0.4, 0.5) is 0 Å². The molecule has 0 spiro atoms. The molecule has 4 heteroatoms. The molecule has 0 bridgehead atoms. The molecule has 0 saturated carbocycles. The summed E-state index contributed by atoms with van der Waals surface area (Å²) in [6.45, 7) is 0. The van der Waals surface area contributed by atoms with Crippen LogP contribution in [0.15, 0.2) is 64.4 Å². The number of allylic oxidation sites excluding steroid dienone is 1. The van der Waals surface area contributed by atoms with Crippen LogP contribution >= 0.6 is 24.2 Å². The summed E-state index contributed by atoms with van der Waals surface area (Å²) in [6, 6.07) is 17.2. The Bertz CT molecular complexity index is 652. The van der Waals surface area contributed by atoms with Crippen molar-refractivity contribution < 1.29 is 4.79 Å². The SMILES string of the molecule is Cl.N/C(=C1/Sc2ccccc2C1=O)c1ccccc1. The highest BCUT2D eigenvalue weighted by Crippen LogP contribution is 2.42. The second-order valence-electron chi connectivity index (χ2n) is 4.04. The molecule has 2 aromatic carbocycles. The van der Waals surface area contributed by atoms with Gasteiger partial charge in [-0.15, -0.1) is 12.4 Å². The number of hydrogen-bond donors (Lipinski definition) is 1. The number of thioether (sulfide) groups is 1. The molecule has 1 aliphatic rings. The zero-order valence-electron chi connectivity index (χ0n) is 10.00. The van der Waals surface area contributed by atoms with Crippen LogP contribution in [0.25, 0.3) is 5.70 Å². The Morgan fingerprint density at radius 3 is 2.26 bits per heavy atom. The number of carbonyl (C=O) groups is 1. The largest absolute Gasteiger partial charge is 0.397 e. The van der Waals surface area contributed by atoms with Gasteiger partial charge in [0.05, 0.1) is 10.6 Å². The van der Waals surface area contributed by atoms with Gasteiger partial charge in [0, 0.05) is 10.5 Å². The average Bonchev–Trinajstić information content (AvgIpc) is 2.77. The Hall–Kier alpha value is -1.71. The van der Waals surface area contributed by atoms with Crippen molar-refractivity contribution in [1.82, 2.24) is 0 Å². The molecule has 3 rings (SSSR count). The summed E-state index contributed by atoms with van der Waals surface area (Å²) in [5.74, 6) is 0.0250. The van der Waals surface area contributed by atoms with Crippen LogP contribution in [0.2, 0.25) is 0 Å². The smallest absolute Gasteiger partial charge is 0.202 e. The predicted molar refractivity (Wildman–Crippen MR) is 81.4 cm³/mol. The lowest BCUT2D eigenvalue weighted by atomic mass is 10.1. The minimum Gasteiger partial charge on any atom is -0.397 e. The van der Waals surface area contributed by atoms with E-state index in [0.29, 0.717) is 10.6 Å².